The molecule has 3 aliphatic rings. The summed E-state index contributed by atoms with van der Waals surface area (Å²) in [4.78, 5) is 15.2. The predicted octanol–water partition coefficient (Wildman–Crippen LogP) is 2.84. The van der Waals surface area contributed by atoms with Crippen molar-refractivity contribution >= 4 is 18.3 Å². The summed E-state index contributed by atoms with van der Waals surface area (Å²) in [6.45, 7) is 3.31. The Kier molecular flexibility index (Phi) is 7.18. The number of carbonyl (C=O) groups excluding carboxylic acids is 1. The van der Waals surface area contributed by atoms with Crippen molar-refractivity contribution in [3.05, 3.63) is 0 Å². The van der Waals surface area contributed by atoms with Crippen molar-refractivity contribution in [1.82, 2.24) is 10.2 Å². The SMILES string of the molecule is Cl.NC1CCC(C(=O)NCC2(N3CCCCC3)CCCCC2)C1. The minimum atomic E-state index is 0. The molecule has 2 atom stereocenters. The van der Waals surface area contributed by atoms with Gasteiger partial charge < -0.3 is 11.1 Å². The van der Waals surface area contributed by atoms with E-state index in [1.54, 1.807) is 0 Å². The molecule has 1 amide bonds. The lowest BCUT2D eigenvalue weighted by Gasteiger charge is -2.48. The van der Waals surface area contributed by atoms with Crippen molar-refractivity contribution in [1.29, 1.82) is 0 Å². The third-order valence-corrected chi connectivity index (χ3v) is 6.25. The Morgan fingerprint density at radius 2 is 1.70 bits per heavy atom. The highest BCUT2D eigenvalue weighted by molar-refractivity contribution is 5.85. The number of halogens is 1. The van der Waals surface area contributed by atoms with Gasteiger partial charge in [0.15, 0.2) is 0 Å². The summed E-state index contributed by atoms with van der Waals surface area (Å²) in [6.07, 6.45) is 13.4. The van der Waals surface area contributed by atoms with Gasteiger partial charge in [-0.25, -0.2) is 0 Å². The van der Waals surface area contributed by atoms with E-state index in [9.17, 15) is 4.79 Å². The molecule has 0 spiro atoms. The van der Waals surface area contributed by atoms with E-state index >= 15 is 0 Å². The molecule has 4 nitrogen and oxygen atoms in total. The quantitative estimate of drug-likeness (QED) is 0.825. The number of carbonyl (C=O) groups is 1. The fourth-order valence-electron chi connectivity index (χ4n) is 4.83. The van der Waals surface area contributed by atoms with Crippen molar-refractivity contribution in [2.24, 2.45) is 11.7 Å². The molecule has 2 saturated carbocycles. The Morgan fingerprint density at radius 1 is 1.04 bits per heavy atom. The Bertz CT molecular complexity index is 378. The van der Waals surface area contributed by atoms with Gasteiger partial charge in [0.25, 0.3) is 0 Å². The average molecular weight is 344 g/mol. The topological polar surface area (TPSA) is 58.4 Å². The van der Waals surface area contributed by atoms with Gasteiger partial charge in [-0.15, -0.1) is 12.4 Å². The maximum Gasteiger partial charge on any atom is 0.223 e. The Labute approximate surface area is 147 Å². The van der Waals surface area contributed by atoms with Crippen LogP contribution in [0.1, 0.15) is 70.6 Å². The highest BCUT2D eigenvalue weighted by atomic mass is 35.5. The highest BCUT2D eigenvalue weighted by Crippen LogP contribution is 2.35. The van der Waals surface area contributed by atoms with Crippen LogP contribution in [0.15, 0.2) is 0 Å². The van der Waals surface area contributed by atoms with Gasteiger partial charge in [0.05, 0.1) is 0 Å². The second-order valence-electron chi connectivity index (χ2n) is 7.82. The van der Waals surface area contributed by atoms with Crippen LogP contribution in [0.2, 0.25) is 0 Å². The molecule has 134 valence electrons. The lowest BCUT2D eigenvalue weighted by Crippen LogP contribution is -2.58. The third kappa shape index (κ3) is 4.61. The van der Waals surface area contributed by atoms with E-state index in [1.165, 1.54) is 64.5 Å². The monoisotopic (exact) mass is 343 g/mol. The standard InChI is InChI=1S/C18H33N3O.ClH/c19-16-8-7-15(13-16)17(22)20-14-18(9-3-1-4-10-18)21-11-5-2-6-12-21;/h15-16H,1-14,19H2,(H,20,22);1H. The van der Waals surface area contributed by atoms with E-state index in [4.69, 9.17) is 5.73 Å². The van der Waals surface area contributed by atoms with Crippen LogP contribution in [0.5, 0.6) is 0 Å². The van der Waals surface area contributed by atoms with Crippen LogP contribution in [0.25, 0.3) is 0 Å². The minimum absolute atomic E-state index is 0. The fourth-order valence-corrected chi connectivity index (χ4v) is 4.83. The number of hydrogen-bond donors (Lipinski definition) is 2. The molecule has 1 saturated heterocycles. The lowest BCUT2D eigenvalue weighted by molar-refractivity contribution is -0.125. The van der Waals surface area contributed by atoms with Crippen LogP contribution in [0.4, 0.5) is 0 Å². The molecule has 0 aromatic heterocycles. The van der Waals surface area contributed by atoms with Gasteiger partial charge >= 0.3 is 0 Å². The van der Waals surface area contributed by atoms with E-state index in [0.717, 1.165) is 25.8 Å². The summed E-state index contributed by atoms with van der Waals surface area (Å²) in [5.41, 5.74) is 6.20. The van der Waals surface area contributed by atoms with Gasteiger partial charge in [-0.1, -0.05) is 25.7 Å². The van der Waals surface area contributed by atoms with E-state index in [1.807, 2.05) is 0 Å². The number of amides is 1. The molecule has 0 radical (unpaired) electrons. The molecule has 2 aliphatic carbocycles. The molecule has 0 bridgehead atoms. The molecule has 3 fully saturated rings. The fraction of sp³-hybridized carbons (Fsp3) is 0.944. The van der Waals surface area contributed by atoms with Crippen molar-refractivity contribution in [3.63, 3.8) is 0 Å². The highest BCUT2D eigenvalue weighted by Gasteiger charge is 2.39. The molecule has 0 aromatic rings. The van der Waals surface area contributed by atoms with Crippen molar-refractivity contribution < 1.29 is 4.79 Å². The number of nitrogens with two attached hydrogens (primary N) is 1. The second-order valence-corrected chi connectivity index (χ2v) is 7.82. The average Bonchev–Trinajstić information content (AvgIpc) is 3.01. The van der Waals surface area contributed by atoms with Crippen molar-refractivity contribution in [2.75, 3.05) is 19.6 Å². The summed E-state index contributed by atoms with van der Waals surface area (Å²) >= 11 is 0. The molecule has 3 N–H and O–H groups in total. The predicted molar refractivity (Wildman–Crippen MR) is 96.8 cm³/mol. The van der Waals surface area contributed by atoms with Gasteiger partial charge in [-0.05, 0) is 58.0 Å². The zero-order valence-corrected chi connectivity index (χ0v) is 15.2. The molecular weight excluding hydrogens is 310 g/mol. The van der Waals surface area contributed by atoms with Gasteiger partial charge in [0.1, 0.15) is 0 Å². The Balaban J connectivity index is 0.00000192. The Hall–Kier alpha value is -0.320. The number of likely N-dealkylation sites (tertiary alicyclic amines) is 1. The van der Waals surface area contributed by atoms with Crippen LogP contribution >= 0.6 is 12.4 Å². The maximum atomic E-state index is 12.5. The summed E-state index contributed by atoms with van der Waals surface area (Å²) in [5.74, 6) is 0.423. The second kappa shape index (κ2) is 8.68. The van der Waals surface area contributed by atoms with Crippen LogP contribution in [0.3, 0.4) is 0 Å². The molecular formula is C18H34ClN3O. The van der Waals surface area contributed by atoms with Crippen molar-refractivity contribution in [3.8, 4) is 0 Å². The first-order valence-corrected chi connectivity index (χ1v) is 9.48. The van der Waals surface area contributed by atoms with E-state index < -0.39 is 0 Å². The lowest BCUT2D eigenvalue weighted by atomic mass is 9.79. The summed E-state index contributed by atoms with van der Waals surface area (Å²) in [6, 6.07) is 0.237. The van der Waals surface area contributed by atoms with Crippen LogP contribution in [-0.4, -0.2) is 42.0 Å². The third-order valence-electron chi connectivity index (χ3n) is 6.25. The van der Waals surface area contributed by atoms with Crippen LogP contribution in [-0.2, 0) is 4.79 Å². The first kappa shape index (κ1) is 19.0. The maximum absolute atomic E-state index is 12.5. The zero-order chi connectivity index (χ0) is 15.4. The van der Waals surface area contributed by atoms with Gasteiger partial charge in [-0.3, -0.25) is 9.69 Å². The molecule has 23 heavy (non-hydrogen) atoms. The smallest absolute Gasteiger partial charge is 0.223 e. The van der Waals surface area contributed by atoms with Crippen LogP contribution in [0, 0.1) is 5.92 Å². The molecule has 5 heteroatoms. The van der Waals surface area contributed by atoms with E-state index in [2.05, 4.69) is 10.2 Å². The minimum Gasteiger partial charge on any atom is -0.354 e. The summed E-state index contributed by atoms with van der Waals surface area (Å²) in [7, 11) is 0. The zero-order valence-electron chi connectivity index (χ0n) is 14.4. The normalized spacial score (nSPS) is 31.3. The van der Waals surface area contributed by atoms with Gasteiger partial charge in [0.2, 0.25) is 5.91 Å². The molecule has 1 heterocycles. The first-order valence-electron chi connectivity index (χ1n) is 9.48. The van der Waals surface area contributed by atoms with Gasteiger partial charge in [0, 0.05) is 24.0 Å². The molecule has 1 aliphatic heterocycles. The van der Waals surface area contributed by atoms with Crippen molar-refractivity contribution in [2.45, 2.75) is 82.2 Å². The Morgan fingerprint density at radius 3 is 2.30 bits per heavy atom. The first-order chi connectivity index (χ1) is 10.7. The molecule has 2 unspecified atom stereocenters. The number of hydrogen-bond acceptors (Lipinski definition) is 3. The molecule has 3 rings (SSSR count). The number of nitrogens with zero attached hydrogens (tertiary/aromatic N) is 1. The largest absolute Gasteiger partial charge is 0.354 e. The summed E-state index contributed by atoms with van der Waals surface area (Å²) in [5, 5.41) is 3.32. The number of rotatable bonds is 4. The van der Waals surface area contributed by atoms with Gasteiger partial charge in [-0.2, -0.15) is 0 Å². The van der Waals surface area contributed by atoms with E-state index in [0.29, 0.717) is 0 Å². The summed E-state index contributed by atoms with van der Waals surface area (Å²) < 4.78 is 0. The molecule has 0 aromatic carbocycles. The number of nitrogens with one attached hydrogen (secondary N) is 1. The van der Waals surface area contributed by atoms with Crippen LogP contribution < -0.4 is 11.1 Å². The van der Waals surface area contributed by atoms with E-state index in [-0.39, 0.29) is 35.8 Å². The number of piperidine rings is 1.